The van der Waals surface area contributed by atoms with E-state index in [0.29, 0.717) is 30.2 Å². The quantitative estimate of drug-likeness (QED) is 0.490. The highest BCUT2D eigenvalue weighted by molar-refractivity contribution is 7.13. The molecule has 2 aromatic rings. The molecule has 0 aromatic carbocycles. The van der Waals surface area contributed by atoms with Gasteiger partial charge in [0.25, 0.3) is 0 Å². The molecule has 0 spiro atoms. The second-order valence-electron chi connectivity index (χ2n) is 5.70. The van der Waals surface area contributed by atoms with Gasteiger partial charge in [-0.25, -0.2) is 9.97 Å². The Bertz CT molecular complexity index is 837. The first kappa shape index (κ1) is 19.6. The summed E-state index contributed by atoms with van der Waals surface area (Å²) in [5, 5.41) is 5.92. The number of allylic oxidation sites excluding steroid dienone is 4. The normalized spacial score (nSPS) is 11.6. The van der Waals surface area contributed by atoms with E-state index in [1.807, 2.05) is 37.4 Å². The van der Waals surface area contributed by atoms with Crippen molar-refractivity contribution in [2.75, 3.05) is 5.32 Å². The SMILES string of the molecule is C=C/C=C\C(=C/C)Oc1cc(CCC(C)=O)cnc1Nc1nc(C)cs1. The molecule has 0 aliphatic heterocycles. The number of ketones is 1. The van der Waals surface area contributed by atoms with E-state index < -0.39 is 0 Å². The second kappa shape index (κ2) is 9.68. The Labute approximate surface area is 158 Å². The summed E-state index contributed by atoms with van der Waals surface area (Å²) in [7, 11) is 0. The standard InChI is InChI=1S/C20H23N3O2S/c1-5-7-8-17(6-2)25-18-11-16(10-9-15(4)24)12-21-19(18)23-20-22-14(3)13-26-20/h5-8,11-13H,1,9-10H2,2-4H3,(H,21,22,23)/b8-7-,17-6+. The first-order chi connectivity index (χ1) is 12.5. The molecule has 1 N–H and O–H groups in total. The summed E-state index contributed by atoms with van der Waals surface area (Å²) >= 11 is 1.51. The summed E-state index contributed by atoms with van der Waals surface area (Å²) in [6.45, 7) is 9.09. The van der Waals surface area contributed by atoms with E-state index in [9.17, 15) is 4.79 Å². The zero-order valence-corrected chi connectivity index (χ0v) is 16.1. The number of hydrogen-bond donors (Lipinski definition) is 1. The van der Waals surface area contributed by atoms with Crippen LogP contribution in [0.25, 0.3) is 0 Å². The highest BCUT2D eigenvalue weighted by Crippen LogP contribution is 2.30. The molecular formula is C20H23N3O2S. The molecular weight excluding hydrogens is 346 g/mol. The molecule has 0 radical (unpaired) electrons. The fraction of sp³-hybridized carbons (Fsp3) is 0.250. The number of aromatic nitrogens is 2. The summed E-state index contributed by atoms with van der Waals surface area (Å²) in [5.41, 5.74) is 1.89. The van der Waals surface area contributed by atoms with Gasteiger partial charge in [0.05, 0.1) is 5.69 Å². The van der Waals surface area contributed by atoms with Crippen molar-refractivity contribution in [3.05, 3.63) is 65.5 Å². The molecule has 0 bridgehead atoms. The highest BCUT2D eigenvalue weighted by Gasteiger charge is 2.11. The number of nitrogens with one attached hydrogen (secondary N) is 1. The van der Waals surface area contributed by atoms with Crippen molar-refractivity contribution in [1.82, 2.24) is 9.97 Å². The largest absolute Gasteiger partial charge is 0.454 e. The van der Waals surface area contributed by atoms with Crippen molar-refractivity contribution in [2.45, 2.75) is 33.6 Å². The second-order valence-corrected chi connectivity index (χ2v) is 6.56. The number of Topliss-reactive ketones (excluding diaryl/α,β-unsaturated/α-hetero) is 1. The molecule has 0 aliphatic rings. The number of anilines is 2. The van der Waals surface area contributed by atoms with Gasteiger partial charge in [0.2, 0.25) is 0 Å². The van der Waals surface area contributed by atoms with E-state index in [1.54, 1.807) is 25.3 Å². The third-order valence-electron chi connectivity index (χ3n) is 3.43. The molecule has 136 valence electrons. The van der Waals surface area contributed by atoms with E-state index in [2.05, 4.69) is 21.9 Å². The number of aryl methyl sites for hydroxylation is 2. The average molecular weight is 369 g/mol. The maximum atomic E-state index is 11.3. The Morgan fingerprint density at radius 3 is 2.88 bits per heavy atom. The molecule has 2 heterocycles. The Morgan fingerprint density at radius 1 is 1.46 bits per heavy atom. The first-order valence-corrected chi connectivity index (χ1v) is 9.20. The molecule has 0 aliphatic carbocycles. The van der Waals surface area contributed by atoms with Crippen LogP contribution in [0.15, 0.2) is 54.3 Å². The molecule has 0 unspecified atom stereocenters. The van der Waals surface area contributed by atoms with Crippen LogP contribution in [-0.2, 0) is 11.2 Å². The van der Waals surface area contributed by atoms with E-state index in [1.165, 1.54) is 11.3 Å². The number of carbonyl (C=O) groups is 1. The maximum Gasteiger partial charge on any atom is 0.188 e. The fourth-order valence-corrected chi connectivity index (χ4v) is 2.79. The van der Waals surface area contributed by atoms with Crippen molar-refractivity contribution >= 4 is 28.1 Å². The van der Waals surface area contributed by atoms with Crippen LogP contribution in [-0.4, -0.2) is 15.8 Å². The summed E-state index contributed by atoms with van der Waals surface area (Å²) in [6, 6.07) is 1.91. The van der Waals surface area contributed by atoms with Crippen LogP contribution in [0.5, 0.6) is 5.75 Å². The number of pyridine rings is 1. The maximum absolute atomic E-state index is 11.3. The Balaban J connectivity index is 2.30. The van der Waals surface area contributed by atoms with Crippen molar-refractivity contribution in [3.8, 4) is 5.75 Å². The number of carbonyl (C=O) groups excluding carboxylic acids is 1. The molecule has 0 saturated heterocycles. The molecule has 0 fully saturated rings. The molecule has 2 rings (SSSR count). The molecule has 26 heavy (non-hydrogen) atoms. The molecule has 0 amide bonds. The van der Waals surface area contributed by atoms with Crippen LogP contribution in [0, 0.1) is 6.92 Å². The number of hydrogen-bond acceptors (Lipinski definition) is 6. The topological polar surface area (TPSA) is 64.1 Å². The fourth-order valence-electron chi connectivity index (χ4n) is 2.11. The van der Waals surface area contributed by atoms with Crippen molar-refractivity contribution in [3.63, 3.8) is 0 Å². The summed E-state index contributed by atoms with van der Waals surface area (Å²) in [5.74, 6) is 1.99. The number of nitrogens with zero attached hydrogens (tertiary/aromatic N) is 2. The smallest absolute Gasteiger partial charge is 0.188 e. The van der Waals surface area contributed by atoms with Crippen molar-refractivity contribution < 1.29 is 9.53 Å². The lowest BCUT2D eigenvalue weighted by molar-refractivity contribution is -0.116. The summed E-state index contributed by atoms with van der Waals surface area (Å²) in [6.07, 6.45) is 10.0. The summed E-state index contributed by atoms with van der Waals surface area (Å²) < 4.78 is 6.02. The van der Waals surface area contributed by atoms with E-state index in [4.69, 9.17) is 4.74 Å². The van der Waals surface area contributed by atoms with Gasteiger partial charge in [-0.2, -0.15) is 0 Å². The Hall–Kier alpha value is -2.73. The minimum Gasteiger partial charge on any atom is -0.454 e. The van der Waals surface area contributed by atoms with Gasteiger partial charge in [0, 0.05) is 18.0 Å². The predicted molar refractivity (Wildman–Crippen MR) is 107 cm³/mol. The van der Waals surface area contributed by atoms with Crippen LogP contribution in [0.3, 0.4) is 0 Å². The lowest BCUT2D eigenvalue weighted by Crippen LogP contribution is -2.02. The van der Waals surface area contributed by atoms with Crippen LogP contribution >= 0.6 is 11.3 Å². The highest BCUT2D eigenvalue weighted by atomic mass is 32.1. The van der Waals surface area contributed by atoms with Gasteiger partial charge in [-0.05, 0) is 51.0 Å². The lowest BCUT2D eigenvalue weighted by Gasteiger charge is -2.13. The van der Waals surface area contributed by atoms with Crippen LogP contribution in [0.4, 0.5) is 10.9 Å². The van der Waals surface area contributed by atoms with E-state index in [-0.39, 0.29) is 5.78 Å². The lowest BCUT2D eigenvalue weighted by atomic mass is 10.1. The number of thiazole rings is 1. The predicted octanol–water partition coefficient (Wildman–Crippen LogP) is 5.14. The van der Waals surface area contributed by atoms with Gasteiger partial charge in [0.1, 0.15) is 11.5 Å². The Kier molecular flexibility index (Phi) is 7.29. The van der Waals surface area contributed by atoms with Gasteiger partial charge in [-0.3, -0.25) is 0 Å². The molecule has 0 saturated carbocycles. The zero-order valence-electron chi connectivity index (χ0n) is 15.3. The molecule has 0 atom stereocenters. The van der Waals surface area contributed by atoms with Gasteiger partial charge >= 0.3 is 0 Å². The number of rotatable bonds is 9. The summed E-state index contributed by atoms with van der Waals surface area (Å²) in [4.78, 5) is 20.1. The third kappa shape index (κ3) is 5.97. The minimum absolute atomic E-state index is 0.149. The van der Waals surface area contributed by atoms with Crippen LogP contribution < -0.4 is 10.1 Å². The van der Waals surface area contributed by atoms with E-state index in [0.717, 1.165) is 16.4 Å². The minimum atomic E-state index is 0.149. The number of ether oxygens (including phenoxy) is 1. The van der Waals surface area contributed by atoms with Crippen molar-refractivity contribution in [1.29, 1.82) is 0 Å². The molecule has 6 heteroatoms. The van der Waals surface area contributed by atoms with E-state index >= 15 is 0 Å². The Morgan fingerprint density at radius 2 is 2.27 bits per heavy atom. The van der Waals surface area contributed by atoms with Gasteiger partial charge < -0.3 is 14.8 Å². The first-order valence-electron chi connectivity index (χ1n) is 8.32. The average Bonchev–Trinajstić information content (AvgIpc) is 3.03. The van der Waals surface area contributed by atoms with Crippen LogP contribution in [0.2, 0.25) is 0 Å². The van der Waals surface area contributed by atoms with Gasteiger partial charge in [-0.1, -0.05) is 18.7 Å². The van der Waals surface area contributed by atoms with Crippen molar-refractivity contribution in [2.24, 2.45) is 0 Å². The third-order valence-corrected chi connectivity index (χ3v) is 4.30. The zero-order chi connectivity index (χ0) is 18.9. The molecule has 5 nitrogen and oxygen atoms in total. The molecule has 2 aromatic heterocycles. The van der Waals surface area contributed by atoms with Gasteiger partial charge in [-0.15, -0.1) is 11.3 Å². The monoisotopic (exact) mass is 369 g/mol. The van der Waals surface area contributed by atoms with Crippen LogP contribution in [0.1, 0.15) is 31.5 Å². The van der Waals surface area contributed by atoms with Gasteiger partial charge in [0.15, 0.2) is 16.7 Å².